The van der Waals surface area contributed by atoms with E-state index in [0.717, 1.165) is 23.1 Å². The number of carbonyl (C=O) groups excluding carboxylic acids is 3. The zero-order valence-electron chi connectivity index (χ0n) is 14.1. The van der Waals surface area contributed by atoms with E-state index in [1.807, 2.05) is 6.92 Å². The molecule has 0 bridgehead atoms. The van der Waals surface area contributed by atoms with Crippen LogP contribution in [0.3, 0.4) is 0 Å². The minimum Gasteiger partial charge on any atom is -0.452 e. The molecule has 6 nitrogen and oxygen atoms in total. The molecule has 140 valence electrons. The third-order valence-corrected chi connectivity index (χ3v) is 4.51. The molecule has 1 aromatic carbocycles. The Bertz CT molecular complexity index is 778. The SMILES string of the molecule is C[C@H](OC(=O)[C@@H]1C[C@H]1C)C(=O)N1CC(=O)Nc2cc(C(F)(F)F)ccc21. The van der Waals surface area contributed by atoms with Gasteiger partial charge in [0.05, 0.1) is 22.9 Å². The minimum absolute atomic E-state index is 0.112. The van der Waals surface area contributed by atoms with Gasteiger partial charge in [0, 0.05) is 0 Å². The molecule has 1 heterocycles. The van der Waals surface area contributed by atoms with Gasteiger partial charge in [0.1, 0.15) is 6.54 Å². The highest BCUT2D eigenvalue weighted by Crippen LogP contribution is 2.39. The molecule has 0 spiro atoms. The highest BCUT2D eigenvalue weighted by Gasteiger charge is 2.42. The topological polar surface area (TPSA) is 75.7 Å². The number of nitrogens with one attached hydrogen (secondary N) is 1. The van der Waals surface area contributed by atoms with Gasteiger partial charge in [0.15, 0.2) is 6.10 Å². The first-order valence-electron chi connectivity index (χ1n) is 8.11. The van der Waals surface area contributed by atoms with Crippen LogP contribution < -0.4 is 10.2 Å². The van der Waals surface area contributed by atoms with Crippen LogP contribution in [0, 0.1) is 11.8 Å². The Kier molecular flexibility index (Phi) is 4.41. The van der Waals surface area contributed by atoms with E-state index < -0.39 is 35.6 Å². The Labute approximate surface area is 147 Å². The molecular weight excluding hydrogens is 353 g/mol. The van der Waals surface area contributed by atoms with Gasteiger partial charge >= 0.3 is 12.1 Å². The molecule has 0 aromatic heterocycles. The second-order valence-corrected chi connectivity index (χ2v) is 6.60. The Balaban J connectivity index is 1.81. The van der Waals surface area contributed by atoms with Gasteiger partial charge in [-0.3, -0.25) is 19.3 Å². The summed E-state index contributed by atoms with van der Waals surface area (Å²) in [4.78, 5) is 37.3. The molecule has 0 saturated heterocycles. The van der Waals surface area contributed by atoms with Gasteiger partial charge in [-0.15, -0.1) is 0 Å². The molecule has 3 atom stereocenters. The third kappa shape index (κ3) is 3.51. The van der Waals surface area contributed by atoms with Crippen molar-refractivity contribution in [2.45, 2.75) is 32.5 Å². The summed E-state index contributed by atoms with van der Waals surface area (Å²) in [6.07, 6.45) is -5.01. The van der Waals surface area contributed by atoms with Gasteiger partial charge in [0.25, 0.3) is 5.91 Å². The maximum atomic E-state index is 12.8. The van der Waals surface area contributed by atoms with E-state index in [9.17, 15) is 27.6 Å². The van der Waals surface area contributed by atoms with Gasteiger partial charge in [0.2, 0.25) is 5.91 Å². The monoisotopic (exact) mass is 370 g/mol. The van der Waals surface area contributed by atoms with E-state index in [1.54, 1.807) is 0 Å². The molecule has 1 N–H and O–H groups in total. The highest BCUT2D eigenvalue weighted by atomic mass is 19.4. The first kappa shape index (κ1) is 18.2. The molecule has 2 aliphatic rings. The number of hydrogen-bond acceptors (Lipinski definition) is 4. The van der Waals surface area contributed by atoms with E-state index in [-0.39, 0.29) is 29.8 Å². The lowest BCUT2D eigenvalue weighted by molar-refractivity contribution is -0.155. The van der Waals surface area contributed by atoms with Crippen LogP contribution in [0.5, 0.6) is 0 Å². The number of esters is 1. The molecule has 1 aliphatic heterocycles. The second-order valence-electron chi connectivity index (χ2n) is 6.60. The molecule has 0 radical (unpaired) electrons. The number of rotatable bonds is 3. The number of carbonyl (C=O) groups is 3. The minimum atomic E-state index is -4.57. The van der Waals surface area contributed by atoms with Crippen LogP contribution >= 0.6 is 0 Å². The maximum Gasteiger partial charge on any atom is 0.416 e. The van der Waals surface area contributed by atoms with Gasteiger partial charge in [-0.2, -0.15) is 13.2 Å². The first-order valence-corrected chi connectivity index (χ1v) is 8.11. The van der Waals surface area contributed by atoms with Crippen molar-refractivity contribution in [2.24, 2.45) is 11.8 Å². The zero-order chi connectivity index (χ0) is 19.2. The normalized spacial score (nSPS) is 23.0. The Morgan fingerprint density at radius 1 is 1.35 bits per heavy atom. The lowest BCUT2D eigenvalue weighted by Gasteiger charge is -2.31. The number of hydrogen-bond donors (Lipinski definition) is 1. The summed E-state index contributed by atoms with van der Waals surface area (Å²) in [5.41, 5.74) is -0.919. The second kappa shape index (κ2) is 6.30. The van der Waals surface area contributed by atoms with Crippen molar-refractivity contribution in [1.29, 1.82) is 0 Å². The summed E-state index contributed by atoms with van der Waals surface area (Å²) in [6, 6.07) is 2.72. The van der Waals surface area contributed by atoms with Crippen LogP contribution in [0.1, 0.15) is 25.8 Å². The van der Waals surface area contributed by atoms with Crippen LogP contribution in [0.25, 0.3) is 0 Å². The summed E-state index contributed by atoms with van der Waals surface area (Å²) < 4.78 is 43.7. The van der Waals surface area contributed by atoms with Crippen molar-refractivity contribution in [3.05, 3.63) is 23.8 Å². The van der Waals surface area contributed by atoms with Crippen molar-refractivity contribution in [3.63, 3.8) is 0 Å². The van der Waals surface area contributed by atoms with Gasteiger partial charge in [-0.1, -0.05) is 6.92 Å². The molecule has 3 rings (SSSR count). The molecule has 1 aromatic rings. The van der Waals surface area contributed by atoms with Crippen LogP contribution in [-0.2, 0) is 25.3 Å². The van der Waals surface area contributed by atoms with Gasteiger partial charge in [-0.25, -0.2) is 0 Å². The van der Waals surface area contributed by atoms with Crippen molar-refractivity contribution < 1.29 is 32.3 Å². The standard InChI is InChI=1S/C17H17F3N2O4/c1-8-5-11(8)16(25)26-9(2)15(24)22-7-14(23)21-12-6-10(17(18,19)20)3-4-13(12)22/h3-4,6,8-9,11H,5,7H2,1-2H3,(H,21,23)/t8-,9+,11-/m1/s1. The smallest absolute Gasteiger partial charge is 0.416 e. The molecule has 1 saturated carbocycles. The maximum absolute atomic E-state index is 12.8. The third-order valence-electron chi connectivity index (χ3n) is 4.51. The van der Waals surface area contributed by atoms with E-state index >= 15 is 0 Å². The molecule has 2 amide bonds. The number of nitrogens with zero attached hydrogens (tertiary/aromatic N) is 1. The van der Waals surface area contributed by atoms with E-state index in [4.69, 9.17) is 4.74 Å². The lowest BCUT2D eigenvalue weighted by Crippen LogP contribution is -2.47. The Morgan fingerprint density at radius 3 is 2.58 bits per heavy atom. The molecular formula is C17H17F3N2O4. The van der Waals surface area contributed by atoms with E-state index in [2.05, 4.69) is 5.32 Å². The molecule has 1 fully saturated rings. The van der Waals surface area contributed by atoms with Gasteiger partial charge in [-0.05, 0) is 37.5 Å². The number of ether oxygens (including phenoxy) is 1. The van der Waals surface area contributed by atoms with Crippen molar-refractivity contribution >= 4 is 29.2 Å². The van der Waals surface area contributed by atoms with Crippen LogP contribution in [-0.4, -0.2) is 30.4 Å². The largest absolute Gasteiger partial charge is 0.452 e. The summed E-state index contributed by atoms with van der Waals surface area (Å²) in [7, 11) is 0. The average molecular weight is 370 g/mol. The fourth-order valence-corrected chi connectivity index (χ4v) is 2.85. The van der Waals surface area contributed by atoms with Crippen molar-refractivity contribution in [1.82, 2.24) is 0 Å². The number of anilines is 2. The number of alkyl halides is 3. The fourth-order valence-electron chi connectivity index (χ4n) is 2.85. The lowest BCUT2D eigenvalue weighted by atomic mass is 10.1. The Morgan fingerprint density at radius 2 is 2.00 bits per heavy atom. The number of fused-ring (bicyclic) bond motifs is 1. The van der Waals surface area contributed by atoms with Gasteiger partial charge < -0.3 is 10.1 Å². The Hall–Kier alpha value is -2.58. The predicted octanol–water partition coefficient (Wildman–Crippen LogP) is 2.58. The quantitative estimate of drug-likeness (QED) is 0.830. The molecule has 1 aliphatic carbocycles. The van der Waals surface area contributed by atoms with Crippen molar-refractivity contribution in [2.75, 3.05) is 16.8 Å². The highest BCUT2D eigenvalue weighted by molar-refractivity contribution is 6.11. The van der Waals surface area contributed by atoms with E-state index in [0.29, 0.717) is 6.42 Å². The number of benzene rings is 1. The van der Waals surface area contributed by atoms with Crippen LogP contribution in [0.2, 0.25) is 0 Å². The number of amides is 2. The van der Waals surface area contributed by atoms with E-state index in [1.165, 1.54) is 6.92 Å². The summed E-state index contributed by atoms with van der Waals surface area (Å²) >= 11 is 0. The molecule has 9 heteroatoms. The average Bonchev–Trinajstić information content (AvgIpc) is 3.28. The number of halogens is 3. The predicted molar refractivity (Wildman–Crippen MR) is 85.3 cm³/mol. The zero-order valence-corrected chi connectivity index (χ0v) is 14.1. The van der Waals surface area contributed by atoms with Crippen LogP contribution in [0.4, 0.5) is 24.5 Å². The summed E-state index contributed by atoms with van der Waals surface area (Å²) in [6.45, 7) is 2.91. The van der Waals surface area contributed by atoms with Crippen molar-refractivity contribution in [3.8, 4) is 0 Å². The molecule has 0 unspecified atom stereocenters. The fraction of sp³-hybridized carbons (Fsp3) is 0.471. The van der Waals surface area contributed by atoms with Crippen LogP contribution in [0.15, 0.2) is 18.2 Å². The first-order chi connectivity index (χ1) is 12.1. The summed E-state index contributed by atoms with van der Waals surface area (Å²) in [5, 5.41) is 2.33. The molecule has 26 heavy (non-hydrogen) atoms. The summed E-state index contributed by atoms with van der Waals surface area (Å²) in [5.74, 6) is -1.78.